The maximum absolute atomic E-state index is 13.3. The van der Waals surface area contributed by atoms with Gasteiger partial charge in [0.05, 0.1) is 23.3 Å². The number of rotatable bonds is 7. The lowest BCUT2D eigenvalue weighted by atomic mass is 10.2. The van der Waals surface area contributed by atoms with E-state index in [4.69, 9.17) is 21.7 Å². The predicted octanol–water partition coefficient (Wildman–Crippen LogP) is 2.79. The molecule has 0 unspecified atom stereocenters. The second-order valence-electron chi connectivity index (χ2n) is 6.97. The van der Waals surface area contributed by atoms with Gasteiger partial charge in [-0.15, -0.1) is 0 Å². The Bertz CT molecular complexity index is 1230. The summed E-state index contributed by atoms with van der Waals surface area (Å²) in [5.41, 5.74) is 1.37. The first-order valence-electron chi connectivity index (χ1n) is 9.63. The number of aliphatic hydroxyl groups excluding tert-OH is 1. The Balaban J connectivity index is 1.75. The number of amides is 1. The van der Waals surface area contributed by atoms with Crippen LogP contribution < -0.4 is 10.9 Å². The van der Waals surface area contributed by atoms with Gasteiger partial charge < -0.3 is 14.8 Å². The number of pyridine rings is 1. The number of aryl methyl sites for hydroxylation is 1. The maximum atomic E-state index is 13.3. The highest BCUT2D eigenvalue weighted by Gasteiger charge is 2.33. The van der Waals surface area contributed by atoms with E-state index < -0.39 is 0 Å². The summed E-state index contributed by atoms with van der Waals surface area (Å²) in [4.78, 5) is 32.6. The predicted molar refractivity (Wildman–Crippen MR) is 124 cm³/mol. The molecule has 1 saturated heterocycles. The van der Waals surface area contributed by atoms with Gasteiger partial charge in [0, 0.05) is 19.3 Å². The molecule has 0 aromatic carbocycles. The standard InChI is InChI=1S/C21H20N4O4S2/c1-13-5-6-17-23-18(22-7-3-8-26)15(19(27)24(17)11-13)10-16-20(28)25(21(30)31-16)12-14-4-2-9-29-14/h2,4-6,9-11,22,26H,3,7-8,12H2,1H3/b16-10+. The van der Waals surface area contributed by atoms with Crippen molar-refractivity contribution in [1.82, 2.24) is 14.3 Å². The van der Waals surface area contributed by atoms with E-state index in [1.165, 1.54) is 21.6 Å². The van der Waals surface area contributed by atoms with Crippen molar-refractivity contribution >= 4 is 51.7 Å². The fourth-order valence-corrected chi connectivity index (χ4v) is 4.37. The Morgan fingerprint density at radius 3 is 2.90 bits per heavy atom. The largest absolute Gasteiger partial charge is 0.467 e. The van der Waals surface area contributed by atoms with Crippen molar-refractivity contribution in [3.63, 3.8) is 0 Å². The average molecular weight is 457 g/mol. The lowest BCUT2D eigenvalue weighted by Gasteiger charge is -2.12. The van der Waals surface area contributed by atoms with E-state index in [1.54, 1.807) is 24.4 Å². The van der Waals surface area contributed by atoms with Gasteiger partial charge in [0.2, 0.25) is 0 Å². The zero-order valence-corrected chi connectivity index (χ0v) is 18.3. The highest BCUT2D eigenvalue weighted by atomic mass is 32.2. The number of fused-ring (bicyclic) bond motifs is 1. The molecule has 1 aliphatic heterocycles. The molecule has 160 valence electrons. The van der Waals surface area contributed by atoms with Crippen molar-refractivity contribution in [1.29, 1.82) is 0 Å². The minimum absolute atomic E-state index is 0.0134. The number of anilines is 1. The Hall–Kier alpha value is -2.95. The van der Waals surface area contributed by atoms with Gasteiger partial charge in [-0.25, -0.2) is 4.98 Å². The van der Waals surface area contributed by atoms with E-state index in [1.807, 2.05) is 13.0 Å². The summed E-state index contributed by atoms with van der Waals surface area (Å²) in [5.74, 6) is 0.687. The van der Waals surface area contributed by atoms with Crippen LogP contribution >= 0.6 is 24.0 Å². The van der Waals surface area contributed by atoms with Gasteiger partial charge in [0.1, 0.15) is 21.5 Å². The van der Waals surface area contributed by atoms with Crippen LogP contribution in [0.15, 0.2) is 50.8 Å². The molecule has 0 aliphatic carbocycles. The fourth-order valence-electron chi connectivity index (χ4n) is 3.14. The molecule has 31 heavy (non-hydrogen) atoms. The smallest absolute Gasteiger partial charge is 0.267 e. The van der Waals surface area contributed by atoms with Gasteiger partial charge in [-0.2, -0.15) is 0 Å². The molecule has 1 amide bonds. The zero-order chi connectivity index (χ0) is 22.0. The number of aromatic nitrogens is 2. The summed E-state index contributed by atoms with van der Waals surface area (Å²) >= 11 is 6.51. The molecule has 0 radical (unpaired) electrons. The monoisotopic (exact) mass is 456 g/mol. The molecule has 0 saturated carbocycles. The van der Waals surface area contributed by atoms with Crippen LogP contribution in [0.4, 0.5) is 5.82 Å². The molecule has 3 aromatic rings. The molecule has 2 N–H and O–H groups in total. The molecule has 0 atom stereocenters. The summed E-state index contributed by atoms with van der Waals surface area (Å²) in [5, 5.41) is 12.2. The number of nitrogens with one attached hydrogen (secondary N) is 1. The summed E-state index contributed by atoms with van der Waals surface area (Å²) in [6.07, 6.45) is 5.28. The summed E-state index contributed by atoms with van der Waals surface area (Å²) in [6.45, 7) is 2.56. The first kappa shape index (κ1) is 21.3. The van der Waals surface area contributed by atoms with Crippen LogP contribution in [0.2, 0.25) is 0 Å². The molecule has 0 bridgehead atoms. The molecule has 3 aromatic heterocycles. The lowest BCUT2D eigenvalue weighted by Crippen LogP contribution is -2.27. The van der Waals surface area contributed by atoms with Gasteiger partial charge in [-0.1, -0.05) is 30.0 Å². The Morgan fingerprint density at radius 1 is 1.32 bits per heavy atom. The Morgan fingerprint density at radius 2 is 2.16 bits per heavy atom. The van der Waals surface area contributed by atoms with E-state index in [2.05, 4.69) is 10.3 Å². The maximum Gasteiger partial charge on any atom is 0.267 e. The first-order valence-corrected chi connectivity index (χ1v) is 10.9. The fraction of sp³-hybridized carbons (Fsp3) is 0.238. The van der Waals surface area contributed by atoms with Crippen LogP contribution in [-0.2, 0) is 11.3 Å². The lowest BCUT2D eigenvalue weighted by molar-refractivity contribution is -0.122. The third-order valence-corrected chi connectivity index (χ3v) is 6.05. The number of nitrogens with zero attached hydrogens (tertiary/aromatic N) is 3. The zero-order valence-electron chi connectivity index (χ0n) is 16.7. The van der Waals surface area contributed by atoms with Crippen molar-refractivity contribution in [3.8, 4) is 0 Å². The summed E-state index contributed by atoms with van der Waals surface area (Å²) in [6, 6.07) is 7.16. The number of furan rings is 1. The van der Waals surface area contributed by atoms with E-state index in [9.17, 15) is 9.59 Å². The summed E-state index contributed by atoms with van der Waals surface area (Å²) < 4.78 is 7.18. The quantitative estimate of drug-likeness (QED) is 0.318. The molecule has 8 nitrogen and oxygen atoms in total. The first-order chi connectivity index (χ1) is 15.0. The number of hydrogen-bond donors (Lipinski definition) is 2. The highest BCUT2D eigenvalue weighted by Crippen LogP contribution is 2.34. The number of hydrogen-bond acceptors (Lipinski definition) is 8. The van der Waals surface area contributed by atoms with Crippen molar-refractivity contribution in [2.24, 2.45) is 0 Å². The number of carbonyl (C=O) groups excluding carboxylic acids is 1. The molecule has 4 heterocycles. The molecule has 4 rings (SSSR count). The Labute approximate surface area is 187 Å². The molecule has 1 fully saturated rings. The third-order valence-electron chi connectivity index (χ3n) is 4.68. The SMILES string of the molecule is Cc1ccc2nc(NCCCO)c(/C=C3/SC(=S)N(Cc4ccco4)C3=O)c(=O)n2c1. The minimum atomic E-state index is -0.295. The molecule has 0 spiro atoms. The highest BCUT2D eigenvalue weighted by molar-refractivity contribution is 8.26. The van der Waals surface area contributed by atoms with E-state index in [-0.39, 0.29) is 30.2 Å². The van der Waals surface area contributed by atoms with Crippen LogP contribution in [0.3, 0.4) is 0 Å². The third kappa shape index (κ3) is 4.41. The van der Waals surface area contributed by atoms with Gasteiger partial charge in [0.25, 0.3) is 11.5 Å². The van der Waals surface area contributed by atoms with Crippen LogP contribution in [0.5, 0.6) is 0 Å². The number of thioether (sulfide) groups is 1. The number of carbonyl (C=O) groups is 1. The summed E-state index contributed by atoms with van der Waals surface area (Å²) in [7, 11) is 0. The number of thiocarbonyl (C=S) groups is 1. The molecule has 10 heteroatoms. The van der Waals surface area contributed by atoms with Gasteiger partial charge in [-0.3, -0.25) is 18.9 Å². The van der Waals surface area contributed by atoms with Crippen LogP contribution in [-0.4, -0.2) is 42.8 Å². The van der Waals surface area contributed by atoms with Crippen LogP contribution in [0.25, 0.3) is 11.7 Å². The van der Waals surface area contributed by atoms with Gasteiger partial charge in [0.15, 0.2) is 0 Å². The molecule has 1 aliphatic rings. The van der Waals surface area contributed by atoms with Crippen LogP contribution in [0, 0.1) is 6.92 Å². The minimum Gasteiger partial charge on any atom is -0.467 e. The molecular formula is C21H20N4O4S2. The van der Waals surface area contributed by atoms with Crippen molar-refractivity contribution < 1.29 is 14.3 Å². The van der Waals surface area contributed by atoms with Gasteiger partial charge >= 0.3 is 0 Å². The van der Waals surface area contributed by atoms with Crippen LogP contribution in [0.1, 0.15) is 23.3 Å². The van der Waals surface area contributed by atoms with E-state index >= 15 is 0 Å². The van der Waals surface area contributed by atoms with Crippen molar-refractivity contribution in [3.05, 3.63) is 68.9 Å². The van der Waals surface area contributed by atoms with Gasteiger partial charge in [-0.05, 0) is 43.2 Å². The topological polar surface area (TPSA) is 100 Å². The van der Waals surface area contributed by atoms with Crippen molar-refractivity contribution in [2.45, 2.75) is 19.9 Å². The van der Waals surface area contributed by atoms with Crippen molar-refractivity contribution in [2.75, 3.05) is 18.5 Å². The van der Waals surface area contributed by atoms with E-state index in [0.29, 0.717) is 39.4 Å². The average Bonchev–Trinajstić information content (AvgIpc) is 3.35. The second-order valence-corrected chi connectivity index (χ2v) is 8.64. The number of aliphatic hydroxyl groups is 1. The van der Waals surface area contributed by atoms with E-state index in [0.717, 1.165) is 17.3 Å². The normalized spacial score (nSPS) is 15.4. The Kier molecular flexibility index (Phi) is 6.21. The molecular weight excluding hydrogens is 436 g/mol. The second kappa shape index (κ2) is 9.04.